The lowest BCUT2D eigenvalue weighted by molar-refractivity contribution is -0.134. The van der Waals surface area contributed by atoms with Crippen LogP contribution < -0.4 is 5.32 Å². The van der Waals surface area contributed by atoms with E-state index in [-0.39, 0.29) is 73.5 Å². The molecule has 10 heteroatoms. The van der Waals surface area contributed by atoms with Crippen LogP contribution in [-0.4, -0.2) is 88.4 Å². The Bertz CT molecular complexity index is 1230. The number of rotatable bonds is 10. The lowest BCUT2D eigenvalue weighted by Crippen LogP contribution is -2.61. The highest BCUT2D eigenvalue weighted by molar-refractivity contribution is 6.07. The summed E-state index contributed by atoms with van der Waals surface area (Å²) >= 11 is 0. The Hall–Kier alpha value is -2.59. The molecule has 1 N–H and O–H groups in total. The number of imide groups is 1. The number of alkyl halides is 2. The fraction of sp³-hybridized carbons (Fsp3) is 0.743. The molecule has 4 unspecified atom stereocenters. The Labute approximate surface area is 266 Å². The van der Waals surface area contributed by atoms with Crippen LogP contribution in [0.2, 0.25) is 0 Å². The molecule has 2 aliphatic carbocycles. The van der Waals surface area contributed by atoms with Crippen molar-refractivity contribution in [2.24, 2.45) is 17.8 Å². The van der Waals surface area contributed by atoms with Crippen molar-refractivity contribution >= 4 is 17.8 Å². The highest BCUT2D eigenvalue weighted by atomic mass is 19.3. The molecule has 1 aromatic carbocycles. The van der Waals surface area contributed by atoms with E-state index < -0.39 is 11.5 Å². The second-order valence-electron chi connectivity index (χ2n) is 14.5. The second kappa shape index (κ2) is 12.9. The average molecular weight is 629 g/mol. The van der Waals surface area contributed by atoms with Gasteiger partial charge in [-0.05, 0) is 82.6 Å². The Kier molecular flexibility index (Phi) is 9.27. The van der Waals surface area contributed by atoms with Crippen molar-refractivity contribution in [1.29, 1.82) is 0 Å². The number of nitrogens with zero attached hydrogens (tertiary/aromatic N) is 3. The quantitative estimate of drug-likeness (QED) is 0.333. The predicted octanol–water partition coefficient (Wildman–Crippen LogP) is 5.77. The normalized spacial score (nSPS) is 31.5. The van der Waals surface area contributed by atoms with Gasteiger partial charge in [0.2, 0.25) is 11.8 Å². The van der Waals surface area contributed by atoms with E-state index in [1.807, 2.05) is 49.1 Å². The summed E-state index contributed by atoms with van der Waals surface area (Å²) in [6, 6.07) is 9.94. The van der Waals surface area contributed by atoms with Gasteiger partial charge in [0, 0.05) is 63.2 Å². The van der Waals surface area contributed by atoms with Gasteiger partial charge in [0.15, 0.2) is 0 Å². The number of likely N-dealkylation sites (tertiary alicyclic amines) is 1. The number of hydrogen-bond donors (Lipinski definition) is 1. The first kappa shape index (κ1) is 32.4. The van der Waals surface area contributed by atoms with Crippen LogP contribution in [0.5, 0.6) is 0 Å². The smallest absolute Gasteiger partial charge is 0.327 e. The molecule has 2 saturated carbocycles. The van der Waals surface area contributed by atoms with Crippen LogP contribution in [0, 0.1) is 17.8 Å². The van der Waals surface area contributed by atoms with Crippen molar-refractivity contribution < 1.29 is 27.9 Å². The number of carbonyl (C=O) groups is 3. The molecule has 5 fully saturated rings. The average Bonchev–Trinajstić information content (AvgIpc) is 3.45. The number of carbonyl (C=O) groups excluding carboxylic acids is 3. The maximum absolute atomic E-state index is 14.2. The Balaban J connectivity index is 1.16. The molecule has 0 aromatic heterocycles. The molecule has 6 rings (SSSR count). The number of hydrogen-bond acceptors (Lipinski definition) is 5. The van der Waals surface area contributed by atoms with Crippen molar-refractivity contribution in [3.63, 3.8) is 0 Å². The van der Waals surface area contributed by atoms with E-state index in [4.69, 9.17) is 4.74 Å². The monoisotopic (exact) mass is 628 g/mol. The summed E-state index contributed by atoms with van der Waals surface area (Å²) in [5.74, 6) is -2.60. The minimum Gasteiger partial charge on any atom is -0.381 e. The van der Waals surface area contributed by atoms with Gasteiger partial charge in [-0.3, -0.25) is 19.4 Å². The molecule has 3 saturated heterocycles. The zero-order valence-electron chi connectivity index (χ0n) is 27.1. The zero-order chi connectivity index (χ0) is 31.9. The van der Waals surface area contributed by atoms with Crippen LogP contribution in [-0.2, 0) is 14.3 Å². The van der Waals surface area contributed by atoms with Gasteiger partial charge in [-0.1, -0.05) is 37.3 Å². The minimum absolute atomic E-state index is 0.0237. The van der Waals surface area contributed by atoms with Gasteiger partial charge in [-0.25, -0.2) is 13.6 Å². The third kappa shape index (κ3) is 6.13. The lowest BCUT2D eigenvalue weighted by Gasteiger charge is -2.53. The molecule has 1 spiro atoms. The molecule has 5 aliphatic rings. The maximum Gasteiger partial charge on any atom is 0.327 e. The highest BCUT2D eigenvalue weighted by Gasteiger charge is 2.68. The Morgan fingerprint density at radius 2 is 1.73 bits per heavy atom. The molecule has 45 heavy (non-hydrogen) atoms. The van der Waals surface area contributed by atoms with Crippen LogP contribution in [0.4, 0.5) is 13.6 Å². The summed E-state index contributed by atoms with van der Waals surface area (Å²) in [6.07, 6.45) is 4.65. The van der Waals surface area contributed by atoms with Crippen molar-refractivity contribution in [3.8, 4) is 0 Å². The van der Waals surface area contributed by atoms with Crippen LogP contribution in [0.3, 0.4) is 0 Å². The van der Waals surface area contributed by atoms with Crippen molar-refractivity contribution in [3.05, 3.63) is 35.9 Å². The molecular formula is C35H50F2N4O4. The van der Waals surface area contributed by atoms with Crippen LogP contribution >= 0.6 is 0 Å². The van der Waals surface area contributed by atoms with Gasteiger partial charge in [-0.15, -0.1) is 0 Å². The fourth-order valence-electron chi connectivity index (χ4n) is 9.19. The van der Waals surface area contributed by atoms with E-state index in [1.165, 1.54) is 0 Å². The number of halogens is 2. The molecule has 3 heterocycles. The summed E-state index contributed by atoms with van der Waals surface area (Å²) in [4.78, 5) is 47.3. The topological polar surface area (TPSA) is 82.2 Å². The van der Waals surface area contributed by atoms with Crippen LogP contribution in [0.15, 0.2) is 30.3 Å². The van der Waals surface area contributed by atoms with E-state index in [2.05, 4.69) is 17.1 Å². The molecule has 0 bridgehead atoms. The summed E-state index contributed by atoms with van der Waals surface area (Å²) in [6.45, 7) is 8.79. The first-order chi connectivity index (χ1) is 21.5. The molecule has 1 aromatic rings. The summed E-state index contributed by atoms with van der Waals surface area (Å²) in [7, 11) is 0. The van der Waals surface area contributed by atoms with Gasteiger partial charge in [0.05, 0.1) is 6.04 Å². The SMILES string of the molecule is CCC1C2CC3(CC2N1CC[C@H](NC(=O)C1CCC(F)(F)CC1)c1ccccc1)C(=O)N(CC1CCOCC1)C(=O)N3C(C)C. The summed E-state index contributed by atoms with van der Waals surface area (Å²) in [5.41, 5.74) is 0.204. The van der Waals surface area contributed by atoms with Gasteiger partial charge >= 0.3 is 6.03 Å². The number of amides is 4. The molecule has 3 aliphatic heterocycles. The minimum atomic E-state index is -2.67. The van der Waals surface area contributed by atoms with Crippen molar-refractivity contribution in [2.75, 3.05) is 26.3 Å². The lowest BCUT2D eigenvalue weighted by atomic mass is 9.80. The summed E-state index contributed by atoms with van der Waals surface area (Å²) < 4.78 is 33.0. The van der Waals surface area contributed by atoms with E-state index in [0.29, 0.717) is 51.0 Å². The van der Waals surface area contributed by atoms with Gasteiger partial charge < -0.3 is 15.0 Å². The van der Waals surface area contributed by atoms with E-state index in [9.17, 15) is 23.2 Å². The van der Waals surface area contributed by atoms with Crippen molar-refractivity contribution in [2.45, 2.75) is 121 Å². The molecule has 4 amide bonds. The van der Waals surface area contributed by atoms with E-state index >= 15 is 0 Å². The second-order valence-corrected chi connectivity index (χ2v) is 14.5. The summed E-state index contributed by atoms with van der Waals surface area (Å²) in [5, 5.41) is 3.22. The molecular weight excluding hydrogens is 578 g/mol. The van der Waals surface area contributed by atoms with Crippen LogP contribution in [0.25, 0.3) is 0 Å². The van der Waals surface area contributed by atoms with Gasteiger partial charge in [0.25, 0.3) is 5.91 Å². The number of benzene rings is 1. The molecule has 5 atom stereocenters. The maximum atomic E-state index is 14.2. The molecule has 8 nitrogen and oxygen atoms in total. The fourth-order valence-corrected chi connectivity index (χ4v) is 9.19. The molecule has 248 valence electrons. The first-order valence-corrected chi connectivity index (χ1v) is 17.3. The number of nitrogens with one attached hydrogen (secondary N) is 1. The molecule has 0 radical (unpaired) electrons. The highest BCUT2D eigenvalue weighted by Crippen LogP contribution is 2.55. The van der Waals surface area contributed by atoms with E-state index in [0.717, 1.165) is 31.4 Å². The number of ether oxygens (including phenoxy) is 1. The van der Waals surface area contributed by atoms with Crippen LogP contribution in [0.1, 0.15) is 96.6 Å². The Morgan fingerprint density at radius 3 is 2.38 bits per heavy atom. The number of fused-ring (bicyclic) bond motifs is 1. The standard InChI is InChI=1S/C35H50F2N4O4/c1-4-29-27-20-34(32(43)40(33(44)41(34)23(2)3)22-24-13-18-45-19-14-24)21-30(27)39(29)17-12-28(25-8-6-5-7-9-25)38-31(42)26-10-15-35(36,37)16-11-26/h5-9,23-24,26-30H,4,10-22H2,1-3H3,(H,38,42)/t27?,28-,29?,30?,34?/m0/s1. The first-order valence-electron chi connectivity index (χ1n) is 17.3. The predicted molar refractivity (Wildman–Crippen MR) is 167 cm³/mol. The Morgan fingerprint density at radius 1 is 1.04 bits per heavy atom. The zero-order valence-corrected chi connectivity index (χ0v) is 27.1. The van der Waals surface area contributed by atoms with Gasteiger partial charge in [0.1, 0.15) is 5.54 Å². The number of urea groups is 1. The third-order valence-corrected chi connectivity index (χ3v) is 11.5. The van der Waals surface area contributed by atoms with E-state index in [1.54, 1.807) is 4.90 Å². The third-order valence-electron chi connectivity index (χ3n) is 11.5. The van der Waals surface area contributed by atoms with Gasteiger partial charge in [-0.2, -0.15) is 0 Å². The van der Waals surface area contributed by atoms with Crippen molar-refractivity contribution in [1.82, 2.24) is 20.0 Å². The largest absolute Gasteiger partial charge is 0.381 e.